The quantitative estimate of drug-likeness (QED) is 0.192. The molecule has 4 aromatic carbocycles. The first kappa shape index (κ1) is 35.6. The van der Waals surface area contributed by atoms with Gasteiger partial charge < -0.3 is 34.5 Å². The van der Waals surface area contributed by atoms with Crippen LogP contribution in [0.3, 0.4) is 0 Å². The molecular formula is C41H45N3O7Si. The number of nitrogens with zero attached hydrogens (tertiary/aromatic N) is 2. The molecule has 3 aliphatic heterocycles. The minimum atomic E-state index is -3.05. The van der Waals surface area contributed by atoms with Gasteiger partial charge in [0.05, 0.1) is 44.5 Å². The highest BCUT2D eigenvalue weighted by atomic mass is 28.4. The van der Waals surface area contributed by atoms with E-state index < -0.39 is 31.5 Å². The number of nitrogens with one attached hydrogen (secondary N) is 1. The van der Waals surface area contributed by atoms with Crippen molar-refractivity contribution in [2.24, 2.45) is 5.92 Å². The van der Waals surface area contributed by atoms with Gasteiger partial charge in [-0.2, -0.15) is 0 Å². The van der Waals surface area contributed by atoms with Gasteiger partial charge >= 0.3 is 0 Å². The largest absolute Gasteiger partial charge is 0.497 e. The number of anilines is 2. The molecule has 0 unspecified atom stereocenters. The zero-order valence-electron chi connectivity index (χ0n) is 29.9. The maximum Gasteiger partial charge on any atom is 0.264 e. The standard InChI is InChI=1S/C41H45N3O7Si/c1-26-38(52(3,4)49)36(22-37(46)43-24-30-15-9-8-14-29(30)20-32(43)25-45)51-41(26)34-21-33(50-2)17-18-35(34)44(40(41)48)23-27-11-10-16-31(19-27)42-39(47)28-12-6-5-7-13-28/h5-19,21,26,32,36,38,45,49H,20,22-25H2,1-4H3,(H,42,47)/t26-,32-,36+,38-,41+/m0/s1. The summed E-state index contributed by atoms with van der Waals surface area (Å²) in [6.45, 7) is 6.01. The topological polar surface area (TPSA) is 129 Å². The van der Waals surface area contributed by atoms with Gasteiger partial charge in [0.2, 0.25) is 5.91 Å². The Bertz CT molecular complexity index is 2000. The van der Waals surface area contributed by atoms with E-state index in [1.165, 1.54) is 0 Å². The maximum absolute atomic E-state index is 15.0. The highest BCUT2D eigenvalue weighted by molar-refractivity contribution is 6.71. The smallest absolute Gasteiger partial charge is 0.264 e. The average Bonchev–Trinajstić information content (AvgIpc) is 3.56. The fourth-order valence-corrected chi connectivity index (χ4v) is 11.1. The van der Waals surface area contributed by atoms with E-state index in [0.717, 1.165) is 16.7 Å². The number of methoxy groups -OCH3 is 1. The van der Waals surface area contributed by atoms with E-state index in [1.54, 1.807) is 41.2 Å². The first-order valence-electron chi connectivity index (χ1n) is 17.8. The Labute approximate surface area is 305 Å². The number of hydrogen-bond acceptors (Lipinski definition) is 7. The molecule has 10 nitrogen and oxygen atoms in total. The first-order chi connectivity index (χ1) is 24.9. The lowest BCUT2D eigenvalue weighted by atomic mass is 9.82. The van der Waals surface area contributed by atoms with Crippen LogP contribution in [0.25, 0.3) is 0 Å². The lowest BCUT2D eigenvalue weighted by molar-refractivity contribution is -0.151. The van der Waals surface area contributed by atoms with Crippen LogP contribution >= 0.6 is 0 Å². The van der Waals surface area contributed by atoms with E-state index >= 15 is 0 Å². The second-order valence-electron chi connectivity index (χ2n) is 14.7. The van der Waals surface area contributed by atoms with Crippen LogP contribution in [-0.4, -0.2) is 66.7 Å². The summed E-state index contributed by atoms with van der Waals surface area (Å²) < 4.78 is 12.6. The van der Waals surface area contributed by atoms with Gasteiger partial charge in [-0.05, 0) is 78.7 Å². The van der Waals surface area contributed by atoms with E-state index in [2.05, 4.69) is 5.32 Å². The Morgan fingerprint density at radius 2 is 1.71 bits per heavy atom. The Morgan fingerprint density at radius 1 is 0.981 bits per heavy atom. The predicted molar refractivity (Wildman–Crippen MR) is 200 cm³/mol. The molecule has 52 heavy (non-hydrogen) atoms. The van der Waals surface area contributed by atoms with Crippen molar-refractivity contribution < 1.29 is 33.8 Å². The molecule has 1 spiro atoms. The number of benzene rings is 4. The molecule has 3 heterocycles. The molecule has 11 heteroatoms. The Morgan fingerprint density at radius 3 is 2.42 bits per heavy atom. The summed E-state index contributed by atoms with van der Waals surface area (Å²) in [5.74, 6) is -0.619. The van der Waals surface area contributed by atoms with Gasteiger partial charge in [-0.15, -0.1) is 0 Å². The van der Waals surface area contributed by atoms with Gasteiger partial charge in [-0.25, -0.2) is 0 Å². The van der Waals surface area contributed by atoms with Crippen LogP contribution in [0.1, 0.15) is 46.0 Å². The van der Waals surface area contributed by atoms with Crippen molar-refractivity contribution in [1.82, 2.24) is 4.90 Å². The molecule has 3 N–H and O–H groups in total. The first-order valence-corrected chi connectivity index (χ1v) is 20.8. The molecule has 0 aromatic heterocycles. The van der Waals surface area contributed by atoms with E-state index in [9.17, 15) is 24.3 Å². The minimum Gasteiger partial charge on any atom is -0.497 e. The molecule has 1 fully saturated rings. The highest BCUT2D eigenvalue weighted by Gasteiger charge is 2.66. The van der Waals surface area contributed by atoms with Crippen LogP contribution in [0.5, 0.6) is 5.75 Å². The lowest BCUT2D eigenvalue weighted by Gasteiger charge is -2.37. The molecule has 0 aliphatic carbocycles. The summed E-state index contributed by atoms with van der Waals surface area (Å²) in [5, 5.41) is 13.3. The minimum absolute atomic E-state index is 0.0395. The molecule has 3 aliphatic rings. The highest BCUT2D eigenvalue weighted by Crippen LogP contribution is 2.60. The lowest BCUT2D eigenvalue weighted by Crippen LogP contribution is -2.48. The van der Waals surface area contributed by atoms with Crippen molar-refractivity contribution in [3.63, 3.8) is 0 Å². The van der Waals surface area contributed by atoms with Crippen molar-refractivity contribution in [2.75, 3.05) is 23.9 Å². The number of carbonyl (C=O) groups is 3. The normalized spacial score (nSPS) is 23.8. The van der Waals surface area contributed by atoms with Gasteiger partial charge in [-0.1, -0.05) is 61.5 Å². The van der Waals surface area contributed by atoms with Gasteiger partial charge in [0.1, 0.15) is 5.75 Å². The second-order valence-corrected chi connectivity index (χ2v) is 18.7. The predicted octanol–water partition coefficient (Wildman–Crippen LogP) is 5.63. The van der Waals surface area contributed by atoms with Crippen LogP contribution in [0.2, 0.25) is 18.6 Å². The molecule has 5 atom stereocenters. The molecule has 0 radical (unpaired) electrons. The van der Waals surface area contributed by atoms with Crippen molar-refractivity contribution in [1.29, 1.82) is 0 Å². The summed E-state index contributed by atoms with van der Waals surface area (Å²) in [6.07, 6.45) is -0.237. The maximum atomic E-state index is 15.0. The third-order valence-electron chi connectivity index (χ3n) is 11.0. The SMILES string of the molecule is COc1ccc2c(c1)[C@@]1(O[C@H](CC(=O)N3Cc4ccccc4C[C@H]3CO)[C@@H]([Si](C)(C)O)[C@@H]1C)C(=O)N2Cc1cccc(NC(=O)c2ccccc2)c1. The van der Waals surface area contributed by atoms with E-state index in [0.29, 0.717) is 41.2 Å². The molecule has 270 valence electrons. The Kier molecular flexibility index (Phi) is 9.55. The number of carbonyl (C=O) groups excluding carboxylic acids is 3. The summed E-state index contributed by atoms with van der Waals surface area (Å²) in [5.41, 5.74) is 3.45. The van der Waals surface area contributed by atoms with E-state index in [1.807, 2.05) is 92.8 Å². The molecular weight excluding hydrogens is 675 g/mol. The second kappa shape index (κ2) is 14.0. The van der Waals surface area contributed by atoms with Gasteiger partial charge in [-0.3, -0.25) is 14.4 Å². The van der Waals surface area contributed by atoms with Crippen LogP contribution in [0.4, 0.5) is 11.4 Å². The number of ether oxygens (including phenoxy) is 2. The van der Waals surface area contributed by atoms with Gasteiger partial charge in [0.25, 0.3) is 11.8 Å². The van der Waals surface area contributed by atoms with Crippen LogP contribution in [0.15, 0.2) is 97.1 Å². The number of aliphatic hydroxyl groups excluding tert-OH is 1. The van der Waals surface area contributed by atoms with Crippen molar-refractivity contribution in [3.8, 4) is 5.75 Å². The van der Waals surface area contributed by atoms with E-state index in [4.69, 9.17) is 9.47 Å². The number of hydrogen-bond donors (Lipinski definition) is 3. The van der Waals surface area contributed by atoms with E-state index in [-0.39, 0.29) is 43.3 Å². The zero-order chi connectivity index (χ0) is 36.8. The summed E-state index contributed by atoms with van der Waals surface area (Å²) in [4.78, 5) is 57.3. The summed E-state index contributed by atoms with van der Waals surface area (Å²) in [7, 11) is -1.48. The molecule has 4 aromatic rings. The number of fused-ring (bicyclic) bond motifs is 3. The van der Waals surface area contributed by atoms with Crippen LogP contribution in [-0.2, 0) is 39.4 Å². The Balaban J connectivity index is 1.20. The Hall–Kier alpha value is -4.81. The summed E-state index contributed by atoms with van der Waals surface area (Å²) in [6, 6.07) is 29.4. The molecule has 7 rings (SSSR count). The molecule has 0 bridgehead atoms. The fraction of sp³-hybridized carbons (Fsp3) is 0.341. The monoisotopic (exact) mass is 719 g/mol. The third-order valence-corrected chi connectivity index (χ3v) is 13.5. The summed E-state index contributed by atoms with van der Waals surface area (Å²) >= 11 is 0. The molecule has 1 saturated heterocycles. The molecule has 0 saturated carbocycles. The fourth-order valence-electron chi connectivity index (χ4n) is 8.60. The number of rotatable bonds is 9. The van der Waals surface area contributed by atoms with Crippen molar-refractivity contribution in [3.05, 3.63) is 125 Å². The van der Waals surface area contributed by atoms with Crippen molar-refractivity contribution >= 4 is 37.4 Å². The van der Waals surface area contributed by atoms with Gasteiger partial charge in [0.15, 0.2) is 13.9 Å². The van der Waals surface area contributed by atoms with Crippen LogP contribution in [0, 0.1) is 5.92 Å². The average molecular weight is 720 g/mol. The van der Waals surface area contributed by atoms with Crippen molar-refractivity contribution in [2.45, 2.75) is 69.2 Å². The zero-order valence-corrected chi connectivity index (χ0v) is 30.9. The number of amides is 3. The van der Waals surface area contributed by atoms with Gasteiger partial charge in [0, 0.05) is 34.8 Å². The third kappa shape index (κ3) is 6.32. The molecule has 3 amide bonds. The van der Waals surface area contributed by atoms with Crippen LogP contribution < -0.4 is 15.0 Å². The number of aliphatic hydroxyl groups is 1.